The molecule has 3 aromatic rings. The lowest BCUT2D eigenvalue weighted by atomic mass is 9.91. The number of thiazole rings is 1. The smallest absolute Gasteiger partial charge is 0.325 e. The Kier molecular flexibility index (Phi) is 5.84. The van der Waals surface area contributed by atoms with Gasteiger partial charge in [0, 0.05) is 13.5 Å². The van der Waals surface area contributed by atoms with Crippen LogP contribution < -0.4 is 14.8 Å². The number of hydrogen-bond donors (Lipinski definition) is 1. The van der Waals surface area contributed by atoms with Crippen molar-refractivity contribution in [3.05, 3.63) is 53.0 Å². The Morgan fingerprint density at radius 2 is 1.94 bits per heavy atom. The van der Waals surface area contributed by atoms with Crippen molar-refractivity contribution >= 4 is 39.4 Å². The largest absolute Gasteiger partial charge is 0.490 e. The molecule has 2 atom stereocenters. The molecular weight excluding hydrogens is 468 g/mol. The second-order valence-electron chi connectivity index (χ2n) is 8.86. The van der Waals surface area contributed by atoms with Crippen LogP contribution in [0.1, 0.15) is 36.9 Å². The van der Waals surface area contributed by atoms with E-state index in [2.05, 4.69) is 10.3 Å². The molecule has 1 aromatic heterocycles. The maximum absolute atomic E-state index is 13.4. The molecule has 4 amide bonds. The van der Waals surface area contributed by atoms with Gasteiger partial charge in [0.1, 0.15) is 17.1 Å². The quantitative estimate of drug-likeness (QED) is 0.546. The third-order valence-electron chi connectivity index (χ3n) is 6.54. The van der Waals surface area contributed by atoms with E-state index in [1.165, 1.54) is 16.2 Å². The van der Waals surface area contributed by atoms with Crippen molar-refractivity contribution in [1.29, 1.82) is 0 Å². The Labute approximate surface area is 206 Å². The maximum atomic E-state index is 13.4. The van der Waals surface area contributed by atoms with Crippen molar-refractivity contribution in [2.75, 3.05) is 26.8 Å². The van der Waals surface area contributed by atoms with Crippen molar-refractivity contribution in [1.82, 2.24) is 20.1 Å². The van der Waals surface area contributed by atoms with Gasteiger partial charge in [-0.1, -0.05) is 18.2 Å². The zero-order valence-electron chi connectivity index (χ0n) is 19.7. The van der Waals surface area contributed by atoms with E-state index in [9.17, 15) is 14.4 Å². The van der Waals surface area contributed by atoms with Crippen molar-refractivity contribution in [3.63, 3.8) is 0 Å². The molecule has 182 valence electrons. The second kappa shape index (κ2) is 8.84. The lowest BCUT2D eigenvalue weighted by molar-refractivity contribution is -0.139. The highest BCUT2D eigenvalue weighted by molar-refractivity contribution is 7.18. The Hall–Kier alpha value is -3.66. The summed E-state index contributed by atoms with van der Waals surface area (Å²) in [5.74, 6) is 0.279. The normalized spacial score (nSPS) is 20.5. The maximum Gasteiger partial charge on any atom is 0.325 e. The fraction of sp³-hybridized carbons (Fsp3) is 0.360. The summed E-state index contributed by atoms with van der Waals surface area (Å²) >= 11 is 1.52. The SMILES string of the molecule is C[C@@H](c1nc2ccccc2s1)N(C)C(=O)CN1C(=O)N[C@@](C)(c2ccc3c(c2)OCCCO3)C1=O. The summed E-state index contributed by atoms with van der Waals surface area (Å²) in [4.78, 5) is 46.4. The van der Waals surface area contributed by atoms with Gasteiger partial charge in [0.25, 0.3) is 5.91 Å². The van der Waals surface area contributed by atoms with Gasteiger partial charge in [-0.05, 0) is 43.7 Å². The molecule has 5 rings (SSSR count). The first-order valence-electron chi connectivity index (χ1n) is 11.4. The minimum atomic E-state index is -1.32. The third-order valence-corrected chi connectivity index (χ3v) is 7.74. The summed E-state index contributed by atoms with van der Waals surface area (Å²) in [6.45, 7) is 4.20. The zero-order chi connectivity index (χ0) is 24.7. The molecule has 1 N–H and O–H groups in total. The number of rotatable bonds is 5. The van der Waals surface area contributed by atoms with Crippen molar-refractivity contribution in [2.45, 2.75) is 31.8 Å². The molecule has 2 aliphatic heterocycles. The summed E-state index contributed by atoms with van der Waals surface area (Å²) < 4.78 is 12.4. The number of nitrogens with one attached hydrogen (secondary N) is 1. The Balaban J connectivity index is 1.32. The number of ether oxygens (including phenoxy) is 2. The average Bonchev–Trinajstić information content (AvgIpc) is 3.27. The van der Waals surface area contributed by atoms with Crippen LogP contribution in [0.5, 0.6) is 11.5 Å². The van der Waals surface area contributed by atoms with Gasteiger partial charge < -0.3 is 19.7 Å². The van der Waals surface area contributed by atoms with Crippen LogP contribution in [0.25, 0.3) is 10.2 Å². The lowest BCUT2D eigenvalue weighted by Crippen LogP contribution is -2.44. The fourth-order valence-corrected chi connectivity index (χ4v) is 5.27. The van der Waals surface area contributed by atoms with Gasteiger partial charge in [0.05, 0.1) is 29.5 Å². The Morgan fingerprint density at radius 3 is 2.71 bits per heavy atom. The summed E-state index contributed by atoms with van der Waals surface area (Å²) in [5, 5.41) is 3.54. The van der Waals surface area contributed by atoms with E-state index in [0.29, 0.717) is 30.3 Å². The monoisotopic (exact) mass is 494 g/mol. The summed E-state index contributed by atoms with van der Waals surface area (Å²) in [5.41, 5.74) is 0.116. The van der Waals surface area contributed by atoms with Gasteiger partial charge in [-0.3, -0.25) is 14.5 Å². The topological polar surface area (TPSA) is 101 Å². The number of nitrogens with zero attached hydrogens (tertiary/aromatic N) is 3. The van der Waals surface area contributed by atoms with E-state index in [1.807, 2.05) is 31.2 Å². The molecule has 9 nitrogen and oxygen atoms in total. The molecule has 0 aliphatic carbocycles. The number of likely N-dealkylation sites (N-methyl/N-ethyl adjacent to an activating group) is 1. The van der Waals surface area contributed by atoms with Gasteiger partial charge in [-0.15, -0.1) is 11.3 Å². The number of aromatic nitrogens is 1. The van der Waals surface area contributed by atoms with Gasteiger partial charge in [-0.2, -0.15) is 0 Å². The average molecular weight is 495 g/mol. The molecule has 0 saturated carbocycles. The van der Waals surface area contributed by atoms with Gasteiger partial charge in [0.2, 0.25) is 5.91 Å². The number of para-hydroxylation sites is 1. The third kappa shape index (κ3) is 4.07. The van der Waals surface area contributed by atoms with Crippen LogP contribution >= 0.6 is 11.3 Å². The van der Waals surface area contributed by atoms with Crippen molar-refractivity contribution in [3.8, 4) is 11.5 Å². The second-order valence-corrected chi connectivity index (χ2v) is 9.92. The number of amides is 4. The number of imide groups is 1. The molecular formula is C25H26N4O5S. The van der Waals surface area contributed by atoms with Gasteiger partial charge in [-0.25, -0.2) is 9.78 Å². The van der Waals surface area contributed by atoms with E-state index in [0.717, 1.165) is 26.5 Å². The molecule has 2 aromatic carbocycles. The predicted molar refractivity (Wildman–Crippen MR) is 130 cm³/mol. The highest BCUT2D eigenvalue weighted by Gasteiger charge is 2.50. The number of fused-ring (bicyclic) bond motifs is 2. The van der Waals surface area contributed by atoms with E-state index < -0.39 is 17.5 Å². The Bertz CT molecular complexity index is 1290. The molecule has 0 radical (unpaired) electrons. The summed E-state index contributed by atoms with van der Waals surface area (Å²) in [6, 6.07) is 12.0. The van der Waals surface area contributed by atoms with Gasteiger partial charge >= 0.3 is 6.03 Å². The fourth-order valence-electron chi connectivity index (χ4n) is 4.21. The van der Waals surface area contributed by atoms with E-state index in [4.69, 9.17) is 9.47 Å². The molecule has 2 aliphatic rings. The zero-order valence-corrected chi connectivity index (χ0v) is 20.6. The molecule has 1 saturated heterocycles. The lowest BCUT2D eigenvalue weighted by Gasteiger charge is -2.26. The molecule has 3 heterocycles. The minimum absolute atomic E-state index is 0.311. The van der Waals surface area contributed by atoms with Crippen LogP contribution in [0.3, 0.4) is 0 Å². The number of carbonyl (C=O) groups is 3. The number of hydrogen-bond acceptors (Lipinski definition) is 7. The first-order valence-corrected chi connectivity index (χ1v) is 12.2. The van der Waals surface area contributed by atoms with Crippen LogP contribution in [0.4, 0.5) is 4.79 Å². The predicted octanol–water partition coefficient (Wildman–Crippen LogP) is 3.44. The van der Waals surface area contributed by atoms with Gasteiger partial charge in [0.15, 0.2) is 11.5 Å². The van der Waals surface area contributed by atoms with Crippen LogP contribution in [0.2, 0.25) is 0 Å². The molecule has 0 unspecified atom stereocenters. The Morgan fingerprint density at radius 1 is 1.20 bits per heavy atom. The summed E-state index contributed by atoms with van der Waals surface area (Å²) in [7, 11) is 1.65. The van der Waals surface area contributed by atoms with E-state index >= 15 is 0 Å². The van der Waals surface area contributed by atoms with Crippen LogP contribution in [-0.4, -0.2) is 59.4 Å². The first-order chi connectivity index (χ1) is 16.8. The number of carbonyl (C=O) groups excluding carboxylic acids is 3. The molecule has 0 spiro atoms. The minimum Gasteiger partial charge on any atom is -0.490 e. The van der Waals surface area contributed by atoms with Crippen molar-refractivity contribution in [2.24, 2.45) is 0 Å². The molecule has 0 bridgehead atoms. The van der Waals surface area contributed by atoms with Crippen molar-refractivity contribution < 1.29 is 23.9 Å². The highest BCUT2D eigenvalue weighted by Crippen LogP contribution is 2.37. The highest BCUT2D eigenvalue weighted by atomic mass is 32.1. The first kappa shape index (κ1) is 23.1. The van der Waals surface area contributed by atoms with E-state index in [1.54, 1.807) is 32.2 Å². The van der Waals surface area contributed by atoms with Crippen LogP contribution in [0.15, 0.2) is 42.5 Å². The van der Waals surface area contributed by atoms with E-state index in [-0.39, 0.29) is 18.5 Å². The standard InChI is InChI=1S/C25H26N4O5S/c1-15(22-26-17-7-4-5-8-20(17)35-22)28(3)21(30)14-29-23(31)25(2,27-24(29)32)16-9-10-18-19(13-16)34-12-6-11-33-18/h4-5,7-10,13,15H,6,11-12,14H2,1-3H3,(H,27,32)/t15-,25-/m0/s1. The number of urea groups is 1. The molecule has 1 fully saturated rings. The summed E-state index contributed by atoms with van der Waals surface area (Å²) in [6.07, 6.45) is 0.760. The molecule has 10 heteroatoms. The molecule has 35 heavy (non-hydrogen) atoms. The van der Waals surface area contributed by atoms with Crippen LogP contribution in [0, 0.1) is 0 Å². The number of benzene rings is 2. The van der Waals surface area contributed by atoms with Crippen LogP contribution in [-0.2, 0) is 15.1 Å².